The Hall–Kier alpha value is -1.48. The fraction of sp³-hybridized carbons (Fsp3) is 0.500. The molecule has 2 saturated heterocycles. The number of hydrogen-bond donors (Lipinski definition) is 3. The lowest BCUT2D eigenvalue weighted by Gasteiger charge is -2.38. The van der Waals surface area contributed by atoms with Crippen LogP contribution in [0, 0.1) is 0 Å². The maximum atomic E-state index is 13.1. The van der Waals surface area contributed by atoms with Crippen molar-refractivity contribution in [2.45, 2.75) is 46.8 Å². The maximum absolute atomic E-state index is 13.1. The van der Waals surface area contributed by atoms with E-state index >= 15 is 0 Å². The molecular formula is C24H31Cl2N3O7S2. The van der Waals surface area contributed by atoms with Crippen LogP contribution in [0.25, 0.3) is 0 Å². The minimum absolute atomic E-state index is 0.000666. The van der Waals surface area contributed by atoms with E-state index in [2.05, 4.69) is 10.0 Å². The summed E-state index contributed by atoms with van der Waals surface area (Å²) in [6.07, 6.45) is 0.946. The Morgan fingerprint density at radius 1 is 1.16 bits per heavy atom. The number of benzene rings is 2. The maximum Gasteiger partial charge on any atom is 0.244 e. The van der Waals surface area contributed by atoms with Gasteiger partial charge in [0.15, 0.2) is 0 Å². The Labute approximate surface area is 233 Å². The summed E-state index contributed by atoms with van der Waals surface area (Å²) in [6.45, 7) is 1.29. The van der Waals surface area contributed by atoms with Crippen molar-refractivity contribution in [1.82, 2.24) is 14.3 Å². The van der Waals surface area contributed by atoms with E-state index in [1.54, 1.807) is 18.2 Å². The van der Waals surface area contributed by atoms with E-state index < -0.39 is 31.8 Å². The summed E-state index contributed by atoms with van der Waals surface area (Å²) in [6, 6.07) is 10.4. The van der Waals surface area contributed by atoms with Crippen LogP contribution >= 0.6 is 23.2 Å². The largest absolute Gasteiger partial charge is 0.491 e. The second kappa shape index (κ2) is 11.9. The van der Waals surface area contributed by atoms with E-state index in [1.165, 1.54) is 35.6 Å². The highest BCUT2D eigenvalue weighted by Gasteiger charge is 2.45. The third-order valence-corrected chi connectivity index (χ3v) is 10.9. The van der Waals surface area contributed by atoms with Gasteiger partial charge in [-0.1, -0.05) is 29.3 Å². The molecule has 2 aliphatic rings. The topological polar surface area (TPSA) is 134 Å². The average molecular weight is 609 g/mol. The predicted octanol–water partition coefficient (Wildman–Crippen LogP) is 2.24. The lowest BCUT2D eigenvalue weighted by molar-refractivity contribution is -0.0312. The first-order valence-corrected chi connectivity index (χ1v) is 15.8. The van der Waals surface area contributed by atoms with Gasteiger partial charge in [-0.25, -0.2) is 21.6 Å². The molecule has 210 valence electrons. The van der Waals surface area contributed by atoms with Gasteiger partial charge in [0.1, 0.15) is 23.4 Å². The molecule has 0 radical (unpaired) electrons. The molecule has 4 rings (SSSR count). The minimum Gasteiger partial charge on any atom is -0.491 e. The van der Waals surface area contributed by atoms with E-state index in [0.29, 0.717) is 49.7 Å². The van der Waals surface area contributed by atoms with Gasteiger partial charge in [-0.05, 0) is 56.6 Å². The number of sulfonamides is 2. The standard InChI is InChI=1S/C24H31Cl2N3O7S2/c1-27-37(31,32)21-4-2-3-20(12-21)35-16-19(30)14-28-18-13-24(36-15-18)7-9-29(10-8-24)38(33,34)23-11-17(25)5-6-22(23)26/h2-6,11-12,18-19,27-28,30H,7-10,13-16H2,1H3/t18?,19-/m0/s1. The van der Waals surface area contributed by atoms with Gasteiger partial charge in [-0.2, -0.15) is 4.31 Å². The molecular weight excluding hydrogens is 577 g/mol. The van der Waals surface area contributed by atoms with Crippen molar-refractivity contribution in [2.75, 3.05) is 39.9 Å². The fourth-order valence-electron chi connectivity index (χ4n) is 4.67. The van der Waals surface area contributed by atoms with Gasteiger partial charge in [0, 0.05) is 36.8 Å². The van der Waals surface area contributed by atoms with Crippen LogP contribution in [0.1, 0.15) is 19.3 Å². The van der Waals surface area contributed by atoms with Crippen molar-refractivity contribution < 1.29 is 31.4 Å². The summed E-state index contributed by atoms with van der Waals surface area (Å²) in [7, 11) is -6.04. The number of nitrogens with one attached hydrogen (secondary N) is 2. The molecule has 2 aromatic rings. The zero-order valence-corrected chi connectivity index (χ0v) is 23.9. The Morgan fingerprint density at radius 3 is 2.61 bits per heavy atom. The van der Waals surface area contributed by atoms with Gasteiger partial charge < -0.3 is 19.9 Å². The highest BCUT2D eigenvalue weighted by atomic mass is 35.5. The van der Waals surface area contributed by atoms with Crippen LogP contribution in [0.5, 0.6) is 5.75 Å². The molecule has 2 atom stereocenters. The van der Waals surface area contributed by atoms with Crippen LogP contribution in [0.15, 0.2) is 52.3 Å². The predicted molar refractivity (Wildman–Crippen MR) is 144 cm³/mol. The third-order valence-electron chi connectivity index (χ3n) is 6.82. The fourth-order valence-corrected chi connectivity index (χ4v) is 7.62. The van der Waals surface area contributed by atoms with Crippen LogP contribution in [0.4, 0.5) is 0 Å². The number of aliphatic hydroxyl groups excluding tert-OH is 1. The van der Waals surface area contributed by atoms with Gasteiger partial charge in [0.2, 0.25) is 20.0 Å². The number of hydrogen-bond acceptors (Lipinski definition) is 8. The summed E-state index contributed by atoms with van der Waals surface area (Å²) in [4.78, 5) is 0.0779. The van der Waals surface area contributed by atoms with E-state index in [-0.39, 0.29) is 34.0 Å². The molecule has 0 bridgehead atoms. The summed E-state index contributed by atoms with van der Waals surface area (Å²) >= 11 is 12.1. The molecule has 2 aromatic carbocycles. The Morgan fingerprint density at radius 2 is 1.89 bits per heavy atom. The summed E-state index contributed by atoms with van der Waals surface area (Å²) in [5.74, 6) is 0.337. The summed E-state index contributed by atoms with van der Waals surface area (Å²) in [5.41, 5.74) is -0.428. The SMILES string of the molecule is CNS(=O)(=O)c1cccc(OC[C@@H](O)CNC2COC3(CCN(S(=O)(=O)c4cc(Cl)ccc4Cl)CC3)C2)c1. The summed E-state index contributed by atoms with van der Waals surface area (Å²) in [5, 5.41) is 14.1. The van der Waals surface area contributed by atoms with Crippen molar-refractivity contribution in [1.29, 1.82) is 0 Å². The average Bonchev–Trinajstić information content (AvgIpc) is 3.30. The van der Waals surface area contributed by atoms with Crippen LogP contribution in [0.3, 0.4) is 0 Å². The van der Waals surface area contributed by atoms with Gasteiger partial charge in [0.05, 0.1) is 22.1 Å². The molecule has 1 unspecified atom stereocenters. The number of halogens is 2. The van der Waals surface area contributed by atoms with Crippen LogP contribution in [-0.4, -0.2) is 83.9 Å². The monoisotopic (exact) mass is 607 g/mol. The highest BCUT2D eigenvalue weighted by molar-refractivity contribution is 7.89. The number of aliphatic hydroxyl groups is 1. The molecule has 3 N–H and O–H groups in total. The molecule has 10 nitrogen and oxygen atoms in total. The molecule has 0 aliphatic carbocycles. The van der Waals surface area contributed by atoms with Crippen LogP contribution < -0.4 is 14.8 Å². The van der Waals surface area contributed by atoms with Crippen LogP contribution in [-0.2, 0) is 24.8 Å². The Bertz CT molecular complexity index is 1350. The number of ether oxygens (including phenoxy) is 2. The van der Waals surface area contributed by atoms with Crippen molar-refractivity contribution in [2.24, 2.45) is 0 Å². The van der Waals surface area contributed by atoms with Crippen molar-refractivity contribution in [3.05, 3.63) is 52.5 Å². The molecule has 2 heterocycles. The molecule has 0 saturated carbocycles. The van der Waals surface area contributed by atoms with E-state index in [1.807, 2.05) is 0 Å². The number of piperidine rings is 1. The van der Waals surface area contributed by atoms with Crippen molar-refractivity contribution in [3.63, 3.8) is 0 Å². The second-order valence-electron chi connectivity index (χ2n) is 9.43. The first-order valence-electron chi connectivity index (χ1n) is 12.1. The first kappa shape index (κ1) is 29.5. The van der Waals surface area contributed by atoms with Gasteiger partial charge in [-0.15, -0.1) is 0 Å². The number of nitrogens with zero attached hydrogens (tertiary/aromatic N) is 1. The van der Waals surface area contributed by atoms with Crippen molar-refractivity contribution >= 4 is 43.2 Å². The van der Waals surface area contributed by atoms with E-state index in [0.717, 1.165) is 0 Å². The molecule has 2 fully saturated rings. The lowest BCUT2D eigenvalue weighted by Crippen LogP contribution is -2.47. The van der Waals surface area contributed by atoms with Gasteiger partial charge >= 0.3 is 0 Å². The Balaban J connectivity index is 1.24. The zero-order chi connectivity index (χ0) is 27.6. The van der Waals surface area contributed by atoms with Gasteiger partial charge in [0.25, 0.3) is 0 Å². The molecule has 0 aromatic heterocycles. The molecule has 38 heavy (non-hydrogen) atoms. The normalized spacial score (nSPS) is 21.0. The third kappa shape index (κ3) is 6.80. The van der Waals surface area contributed by atoms with Crippen LogP contribution in [0.2, 0.25) is 10.0 Å². The highest BCUT2D eigenvalue weighted by Crippen LogP contribution is 2.38. The van der Waals surface area contributed by atoms with Gasteiger partial charge in [-0.3, -0.25) is 0 Å². The van der Waals surface area contributed by atoms with E-state index in [9.17, 15) is 21.9 Å². The molecule has 1 spiro atoms. The molecule has 14 heteroatoms. The molecule has 2 aliphatic heterocycles. The molecule has 0 amide bonds. The number of rotatable bonds is 10. The minimum atomic E-state index is -3.78. The summed E-state index contributed by atoms with van der Waals surface area (Å²) < 4.78 is 65.5. The lowest BCUT2D eigenvalue weighted by atomic mass is 9.88. The first-order chi connectivity index (χ1) is 17.9. The van der Waals surface area contributed by atoms with E-state index in [4.69, 9.17) is 32.7 Å². The van der Waals surface area contributed by atoms with Crippen molar-refractivity contribution in [3.8, 4) is 5.75 Å². The zero-order valence-electron chi connectivity index (χ0n) is 20.8. The Kier molecular flexibility index (Phi) is 9.28. The smallest absolute Gasteiger partial charge is 0.244 e. The second-order valence-corrected chi connectivity index (χ2v) is 14.1. The quantitative estimate of drug-likeness (QED) is 0.374.